The zero-order valence-corrected chi connectivity index (χ0v) is 61.4. The van der Waals surface area contributed by atoms with Crippen molar-refractivity contribution >= 4 is 163 Å². The molecule has 0 radical (unpaired) electrons. The molecule has 0 aliphatic heterocycles. The van der Waals surface area contributed by atoms with Crippen LogP contribution < -0.4 is 215 Å². The average molecular weight is 1360 g/mol. The van der Waals surface area contributed by atoms with Crippen molar-refractivity contribution in [2.75, 3.05) is 28.7 Å². The maximum Gasteiger partial charge on any atom is 1.00 e. The van der Waals surface area contributed by atoms with Gasteiger partial charge in [-0.15, -0.1) is 24.8 Å². The van der Waals surface area contributed by atoms with Gasteiger partial charge in [-0.3, -0.25) is 24.3 Å². The summed E-state index contributed by atoms with van der Waals surface area (Å²) >= 11 is 7.11. The van der Waals surface area contributed by atoms with Crippen LogP contribution in [0.15, 0.2) is 135 Å². The van der Waals surface area contributed by atoms with Gasteiger partial charge in [0.2, 0.25) is 17.2 Å². The van der Waals surface area contributed by atoms with Gasteiger partial charge in [0.05, 0.1) is 84.0 Å². The first-order valence-electron chi connectivity index (χ1n) is 19.8. The van der Waals surface area contributed by atoms with Crippen LogP contribution in [-0.2, 0) is 71.7 Å². The molecule has 5 N–H and O–H groups in total. The minimum atomic E-state index is -5.55. The molecule has 0 aliphatic rings. The first-order valence-corrected chi connectivity index (χ1v) is 27.5. The van der Waals surface area contributed by atoms with Gasteiger partial charge in [-0.1, -0.05) is 18.2 Å². The van der Waals surface area contributed by atoms with Crippen molar-refractivity contribution in [3.05, 3.63) is 90.2 Å². The molecule has 0 amide bonds. The molecule has 0 saturated carbocycles. The van der Waals surface area contributed by atoms with Crippen LogP contribution in [-0.4, -0.2) is 66.8 Å². The number of sulfone groups is 1. The largest absolute Gasteiger partial charge is 1.00 e. The minimum absolute atomic E-state index is 0. The molecule has 83 heavy (non-hydrogen) atoms. The first-order chi connectivity index (χ1) is 36.8. The molecule has 0 saturated heterocycles. The maximum absolute atomic E-state index is 12.8. The third-order valence-electron chi connectivity index (χ3n) is 9.59. The molecule has 1 aromatic heterocycles. The fraction of sp³-hybridized carbons (Fsp3) is 0.0541. The van der Waals surface area contributed by atoms with Gasteiger partial charge >= 0.3 is 177 Å². The van der Waals surface area contributed by atoms with Crippen LogP contribution in [0.4, 0.5) is 51.7 Å². The maximum atomic E-state index is 12.8. The van der Waals surface area contributed by atoms with Crippen molar-refractivity contribution in [3.63, 3.8) is 0 Å². The van der Waals surface area contributed by atoms with Crippen LogP contribution >= 0.6 is 60.1 Å². The van der Waals surface area contributed by atoms with E-state index in [0.29, 0.717) is 35.8 Å². The zero-order valence-electron chi connectivity index (χ0n) is 43.0. The summed E-state index contributed by atoms with van der Waals surface area (Å²) < 4.78 is 124. The van der Waals surface area contributed by atoms with Gasteiger partial charge in [0, 0.05) is 21.7 Å². The number of nitrogens with zero attached hydrogens (tertiary/aromatic N) is 7. The third kappa shape index (κ3) is 22.2. The molecule has 7 rings (SSSR count). The number of phenolic OH excluding ortho intramolecular Hbond substituents is 1. The molecule has 1 heterocycles. The van der Waals surface area contributed by atoms with E-state index < -0.39 is 84.4 Å². The second-order valence-electron chi connectivity index (χ2n) is 14.1. The van der Waals surface area contributed by atoms with E-state index in [9.17, 15) is 60.5 Å². The standard InChI is InChI=1S/C37H29ClN10O22S7.6Na/c38-35-42-36(40-18-4-7-20(8-5-18)75(54,55)13-12-62-74-70-66-53)44-37(43-35)41-19-6-11-26(72-68-64-51)24(16-19)46-48-32-28(76(56,57)58)15-17-14-27(73-69-65-52)31(33(49)29(17)30(32)39)47-45-23-10-9-21-22(34(23)77(59,60)61)2-1-3-25(21)71-67-63-50;;;;;;/h1-11,14-16,49-53H,12-13,39H2,(H,56,57,58)(H,59,60,61)(H2,40,41,42,43,44);;;;;;/q;6*+1/p-6. The number of benzene rings is 6. The van der Waals surface area contributed by atoms with Crippen molar-refractivity contribution in [2.24, 2.45) is 20.5 Å². The summed E-state index contributed by atoms with van der Waals surface area (Å²) in [7, 11) is -14.8. The Morgan fingerprint density at radius 2 is 1.17 bits per heavy atom. The van der Waals surface area contributed by atoms with E-state index >= 15 is 0 Å². The average Bonchev–Trinajstić information content (AvgIpc) is 3.10. The molecular formula is C37H23ClN10Na6O22S7. The Hall–Kier alpha value is 0.190. The smallest absolute Gasteiger partial charge is 0.744 e. The van der Waals surface area contributed by atoms with E-state index in [4.69, 9.17) is 21.5 Å². The van der Waals surface area contributed by atoms with E-state index in [1.807, 2.05) is 0 Å². The number of nitrogens with one attached hydrogen (secondary N) is 2. The van der Waals surface area contributed by atoms with Gasteiger partial charge in [-0.25, -0.2) is 25.3 Å². The zero-order chi connectivity index (χ0) is 55.5. The summed E-state index contributed by atoms with van der Waals surface area (Å²) in [5.74, 6) is -1.81. The number of hydrogen-bond donors (Lipinski definition) is 4. The molecular weight excluding hydrogens is 1330 g/mol. The molecule has 0 spiro atoms. The summed E-state index contributed by atoms with van der Waals surface area (Å²) in [6, 6.07) is 17.2. The van der Waals surface area contributed by atoms with Gasteiger partial charge in [-0.2, -0.15) is 28.0 Å². The van der Waals surface area contributed by atoms with E-state index in [1.54, 1.807) is 0 Å². The van der Waals surface area contributed by atoms with Gasteiger partial charge in [0.15, 0.2) is 27.9 Å². The number of rotatable bonds is 26. The Morgan fingerprint density at radius 1 is 0.602 bits per heavy atom. The van der Waals surface area contributed by atoms with Crippen LogP contribution in [0.25, 0.3) is 21.5 Å². The number of nitrogen functional groups attached to an aromatic ring is 1. The first kappa shape index (κ1) is 81.2. The monoisotopic (exact) mass is 1360 g/mol. The normalized spacial score (nSPS) is 11.5. The number of hydrogen-bond acceptors (Lipinski definition) is 36. The van der Waals surface area contributed by atoms with Gasteiger partial charge in [-0.05, 0) is 89.1 Å². The van der Waals surface area contributed by atoms with E-state index in [-0.39, 0.29) is 268 Å². The van der Waals surface area contributed by atoms with Crippen molar-refractivity contribution in [1.29, 1.82) is 0 Å². The number of phenols is 1. The quantitative estimate of drug-likeness (QED) is 0.00572. The number of anilines is 5. The molecule has 7 aromatic rings. The van der Waals surface area contributed by atoms with E-state index in [0.717, 1.165) is 12.1 Å². The second-order valence-corrected chi connectivity index (χ2v) is 21.9. The fourth-order valence-corrected chi connectivity index (χ4v) is 11.0. The molecule has 0 bridgehead atoms. The number of fused-ring (bicyclic) bond motifs is 2. The molecule has 0 aliphatic carbocycles. The van der Waals surface area contributed by atoms with Gasteiger partial charge in [0.25, 0.3) is 0 Å². The van der Waals surface area contributed by atoms with Crippen molar-refractivity contribution in [3.8, 4) is 5.75 Å². The summed E-state index contributed by atoms with van der Waals surface area (Å²) in [5, 5.41) is 87.2. The molecule has 32 nitrogen and oxygen atoms in total. The molecule has 46 heteroatoms. The molecule has 0 atom stereocenters. The molecule has 0 unspecified atom stereocenters. The van der Waals surface area contributed by atoms with E-state index in [2.05, 4.69) is 83.5 Å². The Bertz CT molecular complexity index is 3760. The second kappa shape index (κ2) is 38.1. The Kier molecular flexibility index (Phi) is 37.3. The van der Waals surface area contributed by atoms with Crippen LogP contribution in [0.2, 0.25) is 5.28 Å². The predicted molar refractivity (Wildman–Crippen MR) is 254 cm³/mol. The minimum Gasteiger partial charge on any atom is -0.744 e. The van der Waals surface area contributed by atoms with Crippen molar-refractivity contribution < 1.29 is 280 Å². The molecule has 6 aromatic carbocycles. The molecule has 0 fully saturated rings. The molecule has 408 valence electrons. The van der Waals surface area contributed by atoms with Crippen molar-refractivity contribution in [2.45, 2.75) is 29.4 Å². The van der Waals surface area contributed by atoms with Gasteiger partial charge < -0.3 is 51.6 Å². The Morgan fingerprint density at radius 3 is 1.77 bits per heavy atom. The SMILES string of the molecule is Nc1c(N=Nc2cc(Nc3nc(Cl)nc(Nc4ccc(S(=O)(=O)CCOSOO[O-])cc4)n3)ccc2SOO[O-])c(S(=O)(=O)[O-])cc2cc(SOO[O-])c(N=Nc3ccc4c(SOO[O-])cccc4c3S(=O)(=O)[O-])c(O)c12.[Na+].[Na+].[Na+].[Na+].[Na+].[Na+]. The number of aromatic nitrogens is 3. The van der Waals surface area contributed by atoms with Crippen molar-refractivity contribution in [1.82, 2.24) is 15.0 Å². The van der Waals surface area contributed by atoms with Gasteiger partial charge in [0.1, 0.15) is 43.0 Å². The number of nitrogens with two attached hydrogens (primary N) is 1. The van der Waals surface area contributed by atoms with Crippen LogP contribution in [0.5, 0.6) is 5.75 Å². The number of azo groups is 2. The Labute approximate surface area is 622 Å². The van der Waals surface area contributed by atoms with Crippen LogP contribution in [0.3, 0.4) is 0 Å². The summed E-state index contributed by atoms with van der Waals surface area (Å²) in [4.78, 5) is 9.83. The van der Waals surface area contributed by atoms with Crippen LogP contribution in [0, 0.1) is 0 Å². The third-order valence-corrected chi connectivity index (χ3v) is 15.5. The topological polar surface area (TPSA) is 482 Å². The number of aromatic hydroxyl groups is 1. The number of halogens is 1. The Balaban J connectivity index is 0.00000574. The summed E-state index contributed by atoms with van der Waals surface area (Å²) in [5.41, 5.74) is 3.66. The summed E-state index contributed by atoms with van der Waals surface area (Å²) in [6.45, 7) is -0.343. The predicted octanol–water partition coefficient (Wildman–Crippen LogP) is -13.5. The van der Waals surface area contributed by atoms with Crippen LogP contribution in [0.1, 0.15) is 0 Å². The fourth-order valence-electron chi connectivity index (χ4n) is 6.56. The van der Waals surface area contributed by atoms with E-state index in [1.165, 1.54) is 66.7 Å². The summed E-state index contributed by atoms with van der Waals surface area (Å²) in [6.07, 6.45) is 0.